The van der Waals surface area contributed by atoms with E-state index in [0.29, 0.717) is 41.6 Å². The Morgan fingerprint density at radius 3 is 2.83 bits per heavy atom. The van der Waals surface area contributed by atoms with Gasteiger partial charge in [0.1, 0.15) is 6.10 Å². The maximum Gasteiger partial charge on any atom is 0.339 e. The molecule has 2 aliphatic heterocycles. The molecule has 2 aliphatic rings. The summed E-state index contributed by atoms with van der Waals surface area (Å²) >= 11 is 0. The number of nitrogens with one attached hydrogen (secondary N) is 1. The Bertz CT molecular complexity index is 1320. The average molecular weight is 494 g/mol. The van der Waals surface area contributed by atoms with Gasteiger partial charge in [-0.05, 0) is 37.1 Å². The smallest absolute Gasteiger partial charge is 0.339 e. The van der Waals surface area contributed by atoms with Crippen LogP contribution in [0.4, 0.5) is 15.9 Å². The second-order valence-corrected chi connectivity index (χ2v) is 9.10. The van der Waals surface area contributed by atoms with Crippen LogP contribution in [0.2, 0.25) is 0 Å². The van der Waals surface area contributed by atoms with Crippen molar-refractivity contribution in [1.29, 1.82) is 0 Å². The zero-order chi connectivity index (χ0) is 25.4. The average Bonchev–Trinajstić information content (AvgIpc) is 3.27. The molecule has 10 heteroatoms. The SMILES string of the molecule is CC[C@@]12CNc3nnc(-c4cccc(F)c4OC)cc3N1C[C@H](Oc1cc(C)c(C(=O)OC)cn1)C2. The van der Waals surface area contributed by atoms with Crippen molar-refractivity contribution in [1.82, 2.24) is 15.2 Å². The lowest BCUT2D eigenvalue weighted by atomic mass is 9.90. The van der Waals surface area contributed by atoms with Crippen LogP contribution >= 0.6 is 0 Å². The standard InChI is InChI=1S/C26H28FN5O4/c1-5-26-11-16(36-22-9-15(2)18(12-28-22)25(33)35-4)13-32(26)21-10-20(30-31-24(21)29-14-26)17-7-6-8-19(27)23(17)34-3/h6-10,12,16H,5,11,13-14H2,1-4H3,(H,29,31)/t16-,26-/m1/s1. The quantitative estimate of drug-likeness (QED) is 0.511. The Hall–Kier alpha value is -3.95. The first-order valence-corrected chi connectivity index (χ1v) is 11.8. The summed E-state index contributed by atoms with van der Waals surface area (Å²) in [6.07, 6.45) is 3.01. The fourth-order valence-corrected chi connectivity index (χ4v) is 5.16. The number of esters is 1. The van der Waals surface area contributed by atoms with Crippen molar-refractivity contribution in [3.05, 3.63) is 53.5 Å². The van der Waals surface area contributed by atoms with Crippen LogP contribution < -0.4 is 19.7 Å². The number of aryl methyl sites for hydroxylation is 1. The number of pyridine rings is 1. The van der Waals surface area contributed by atoms with Gasteiger partial charge in [-0.15, -0.1) is 10.2 Å². The highest BCUT2D eigenvalue weighted by Crippen LogP contribution is 2.45. The van der Waals surface area contributed by atoms with E-state index < -0.39 is 11.8 Å². The van der Waals surface area contributed by atoms with Gasteiger partial charge >= 0.3 is 5.97 Å². The van der Waals surface area contributed by atoms with Crippen LogP contribution in [-0.4, -0.2) is 60.1 Å². The molecule has 5 rings (SSSR count). The van der Waals surface area contributed by atoms with Gasteiger partial charge in [0.05, 0.1) is 43.2 Å². The molecule has 0 unspecified atom stereocenters. The molecule has 2 aromatic heterocycles. The predicted octanol–water partition coefficient (Wildman–Crippen LogP) is 4.01. The van der Waals surface area contributed by atoms with Crippen LogP contribution in [0.25, 0.3) is 11.3 Å². The van der Waals surface area contributed by atoms with Crippen LogP contribution in [0.15, 0.2) is 36.5 Å². The number of methoxy groups -OCH3 is 2. The van der Waals surface area contributed by atoms with E-state index >= 15 is 0 Å². The molecule has 36 heavy (non-hydrogen) atoms. The Morgan fingerprint density at radius 1 is 1.28 bits per heavy atom. The van der Waals surface area contributed by atoms with Crippen LogP contribution in [0.5, 0.6) is 11.6 Å². The van der Waals surface area contributed by atoms with E-state index in [1.54, 1.807) is 18.2 Å². The number of carbonyl (C=O) groups is 1. The highest BCUT2D eigenvalue weighted by Gasteiger charge is 2.49. The summed E-state index contributed by atoms with van der Waals surface area (Å²) in [6, 6.07) is 8.43. The molecule has 0 amide bonds. The second-order valence-electron chi connectivity index (χ2n) is 9.10. The van der Waals surface area contributed by atoms with Crippen molar-refractivity contribution in [2.75, 3.05) is 37.5 Å². The van der Waals surface area contributed by atoms with E-state index in [-0.39, 0.29) is 17.4 Å². The maximum atomic E-state index is 14.3. The number of hydrogen-bond donors (Lipinski definition) is 1. The van der Waals surface area contributed by atoms with Crippen LogP contribution in [-0.2, 0) is 4.74 Å². The summed E-state index contributed by atoms with van der Waals surface area (Å²) in [5.74, 6) is 0.393. The molecular formula is C26H28FN5O4. The van der Waals surface area contributed by atoms with Crippen molar-refractivity contribution >= 4 is 17.5 Å². The summed E-state index contributed by atoms with van der Waals surface area (Å²) in [6.45, 7) is 5.29. The van der Waals surface area contributed by atoms with Crippen molar-refractivity contribution in [3.63, 3.8) is 0 Å². The van der Waals surface area contributed by atoms with Gasteiger partial charge in [0, 0.05) is 30.8 Å². The largest absolute Gasteiger partial charge is 0.493 e. The summed E-state index contributed by atoms with van der Waals surface area (Å²) in [5, 5.41) is 12.2. The molecule has 4 heterocycles. The number of fused-ring (bicyclic) bond motifs is 3. The number of benzene rings is 1. The number of halogens is 1. The van der Waals surface area contributed by atoms with Crippen molar-refractivity contribution in [2.24, 2.45) is 0 Å². The summed E-state index contributed by atoms with van der Waals surface area (Å²) in [7, 11) is 2.78. The lowest BCUT2D eigenvalue weighted by Crippen LogP contribution is -2.52. The highest BCUT2D eigenvalue weighted by atomic mass is 19.1. The first-order valence-electron chi connectivity index (χ1n) is 11.8. The molecule has 0 aliphatic carbocycles. The minimum absolute atomic E-state index is 0.131. The number of nitrogens with zero attached hydrogens (tertiary/aromatic N) is 4. The number of ether oxygens (including phenoxy) is 3. The minimum Gasteiger partial charge on any atom is -0.493 e. The lowest BCUT2D eigenvalue weighted by molar-refractivity contribution is 0.0599. The van der Waals surface area contributed by atoms with Crippen LogP contribution in [0.3, 0.4) is 0 Å². The minimum atomic E-state index is -0.453. The van der Waals surface area contributed by atoms with Crippen LogP contribution in [0, 0.1) is 12.7 Å². The number of hydrogen-bond acceptors (Lipinski definition) is 9. The Labute approximate surface area is 208 Å². The third kappa shape index (κ3) is 3.96. The Balaban J connectivity index is 1.45. The highest BCUT2D eigenvalue weighted by molar-refractivity contribution is 5.90. The van der Waals surface area contributed by atoms with Gasteiger partial charge in [-0.25, -0.2) is 14.2 Å². The first-order chi connectivity index (χ1) is 17.4. The first kappa shape index (κ1) is 23.8. The van der Waals surface area contributed by atoms with Crippen LogP contribution in [0.1, 0.15) is 35.7 Å². The van der Waals surface area contributed by atoms with Gasteiger partial charge in [0.2, 0.25) is 5.88 Å². The zero-order valence-corrected chi connectivity index (χ0v) is 20.7. The fourth-order valence-electron chi connectivity index (χ4n) is 5.16. The summed E-state index contributed by atoms with van der Waals surface area (Å²) in [4.78, 5) is 18.5. The normalized spacial score (nSPS) is 20.2. The van der Waals surface area contributed by atoms with E-state index in [4.69, 9.17) is 14.2 Å². The summed E-state index contributed by atoms with van der Waals surface area (Å²) in [5.41, 5.74) is 2.91. The van der Waals surface area contributed by atoms with E-state index in [9.17, 15) is 9.18 Å². The number of para-hydroxylation sites is 1. The second kappa shape index (κ2) is 9.25. The predicted molar refractivity (Wildman–Crippen MR) is 132 cm³/mol. The molecule has 1 fully saturated rings. The molecule has 0 saturated carbocycles. The van der Waals surface area contributed by atoms with Gasteiger partial charge in [-0.1, -0.05) is 13.0 Å². The van der Waals surface area contributed by atoms with Crippen molar-refractivity contribution < 1.29 is 23.4 Å². The van der Waals surface area contributed by atoms with Crippen molar-refractivity contribution in [2.45, 2.75) is 38.3 Å². The van der Waals surface area contributed by atoms with Gasteiger partial charge in [0.15, 0.2) is 17.4 Å². The molecule has 0 bridgehead atoms. The molecule has 0 radical (unpaired) electrons. The number of rotatable bonds is 6. The third-order valence-corrected chi connectivity index (χ3v) is 7.10. The van der Waals surface area contributed by atoms with E-state index in [1.165, 1.54) is 26.5 Å². The molecule has 9 nitrogen and oxygen atoms in total. The van der Waals surface area contributed by atoms with E-state index in [2.05, 4.69) is 32.3 Å². The fraction of sp³-hybridized carbons (Fsp3) is 0.385. The number of aromatic nitrogens is 3. The zero-order valence-electron chi connectivity index (χ0n) is 20.7. The molecule has 0 spiro atoms. The summed E-state index contributed by atoms with van der Waals surface area (Å²) < 4.78 is 30.7. The molecular weight excluding hydrogens is 465 g/mol. The van der Waals surface area contributed by atoms with Gasteiger partial charge in [0.25, 0.3) is 0 Å². The monoisotopic (exact) mass is 493 g/mol. The topological polar surface area (TPSA) is 98.7 Å². The molecule has 1 N–H and O–H groups in total. The van der Waals surface area contributed by atoms with E-state index in [0.717, 1.165) is 24.1 Å². The van der Waals surface area contributed by atoms with E-state index in [1.807, 2.05) is 13.0 Å². The maximum absolute atomic E-state index is 14.3. The Kier molecular flexibility index (Phi) is 6.11. The molecule has 1 aromatic carbocycles. The molecule has 1 saturated heterocycles. The molecule has 2 atom stereocenters. The Morgan fingerprint density at radius 2 is 2.11 bits per heavy atom. The third-order valence-electron chi connectivity index (χ3n) is 7.10. The molecule has 188 valence electrons. The number of anilines is 2. The molecule has 3 aromatic rings. The lowest BCUT2D eigenvalue weighted by Gasteiger charge is -2.43. The number of carbonyl (C=O) groups excluding carboxylic acids is 1. The van der Waals surface area contributed by atoms with Gasteiger partial charge in [-0.3, -0.25) is 0 Å². The van der Waals surface area contributed by atoms with Gasteiger partial charge < -0.3 is 24.4 Å². The van der Waals surface area contributed by atoms with Gasteiger partial charge in [-0.2, -0.15) is 0 Å². The van der Waals surface area contributed by atoms with Crippen molar-refractivity contribution in [3.8, 4) is 22.9 Å².